The topological polar surface area (TPSA) is 206 Å². The highest BCUT2D eigenvalue weighted by Gasteiger charge is 2.27. The number of quaternary nitrogens is 4. The van der Waals surface area contributed by atoms with Crippen LogP contribution in [0.5, 0.6) is 0 Å². The first-order valence-electron chi connectivity index (χ1n) is 22.7. The molecule has 1 fully saturated rings. The van der Waals surface area contributed by atoms with Crippen molar-refractivity contribution in [3.8, 4) is 0 Å². The van der Waals surface area contributed by atoms with Crippen LogP contribution in [0.3, 0.4) is 0 Å². The molecule has 68 heavy (non-hydrogen) atoms. The van der Waals surface area contributed by atoms with Gasteiger partial charge in [0.2, 0.25) is 29.5 Å². The first kappa shape index (κ1) is 83.6. The summed E-state index contributed by atoms with van der Waals surface area (Å²) in [7, 11) is 20.6. The molecule has 0 aromatic heterocycles. The third kappa shape index (κ3) is 71.3. The fourth-order valence-electron chi connectivity index (χ4n) is 5.79. The molecule has 0 spiro atoms. The van der Waals surface area contributed by atoms with Crippen LogP contribution in [0.2, 0.25) is 0 Å². The van der Waals surface area contributed by atoms with E-state index in [9.17, 15) is 34.2 Å². The van der Waals surface area contributed by atoms with Crippen molar-refractivity contribution in [1.82, 2.24) is 31.5 Å². The van der Waals surface area contributed by atoms with Crippen LogP contribution in [0.4, 0.5) is 0 Å². The van der Waals surface area contributed by atoms with Crippen molar-refractivity contribution in [1.29, 1.82) is 0 Å². The largest absolute Gasteiger partial charge is 1.00 e. The maximum atomic E-state index is 10.9. The van der Waals surface area contributed by atoms with Gasteiger partial charge in [-0.15, -0.1) is 23.2 Å². The lowest BCUT2D eigenvalue weighted by atomic mass is 10.2. The van der Waals surface area contributed by atoms with Gasteiger partial charge in [-0.3, -0.25) is 24.0 Å². The standard InChI is InChI=1S/C17H36N4O3.C10H21ClN2O2.2C7H16N2O.C3H5ClO.4ClH/c1-15(22)18-9-7-11-20(3,4)13-17(24)14-21(5,6)12-8-10-19-16(2)23;1-9(14)12-7-4-8-13(2,3)10(15)5-6-11;2*1-7(10)8-5-4-6-9(2)3;4-1-3-2-5-3;;;;/h17,24H,7-14H2,1-6H3;10,15H,4-8H2,1-3H3;2*4-6H2,1-3H3,(H,8,10);3H,1-2H2;4*1H. The second-order valence-corrected chi connectivity index (χ2v) is 19.5. The molecule has 8 N–H and O–H groups in total. The van der Waals surface area contributed by atoms with E-state index in [4.69, 9.17) is 27.9 Å². The van der Waals surface area contributed by atoms with Crippen molar-refractivity contribution in [3.05, 3.63) is 0 Å². The summed E-state index contributed by atoms with van der Waals surface area (Å²) in [5, 5.41) is 34.0. The Bertz CT molecular complexity index is 1170. The van der Waals surface area contributed by atoms with Crippen molar-refractivity contribution in [2.45, 2.75) is 91.6 Å². The summed E-state index contributed by atoms with van der Waals surface area (Å²) in [4.78, 5) is 56.6. The molecule has 2 unspecified atom stereocenters. The minimum atomic E-state index is -0.431. The SMILES string of the molecule is CC(=O)NCCCN(C)C.CC(=O)NCCC[N+](C)(C)C(O)CCCl.CC(=O)NCCC[N+](C)(C)CC(O)C[N+](C)(C)CCCNC(C)=O.CC(=O)NCCC[NH+](C)C.ClCC1CO1.[Cl-].[Cl-].[Cl-].[Cl-]. The number of nitrogens with one attached hydrogen (secondary N) is 6. The number of hydrogen-bond donors (Lipinski definition) is 8. The van der Waals surface area contributed by atoms with Gasteiger partial charge in [-0.05, 0) is 27.1 Å². The summed E-state index contributed by atoms with van der Waals surface area (Å²) in [6.07, 6.45) is 4.91. The normalized spacial score (nSPS) is 12.8. The van der Waals surface area contributed by atoms with Crippen molar-refractivity contribution in [2.24, 2.45) is 0 Å². The minimum absolute atomic E-state index is 0. The number of nitrogens with zero attached hydrogens (tertiary/aromatic N) is 4. The molecule has 5 amide bonds. The summed E-state index contributed by atoms with van der Waals surface area (Å²) in [6, 6.07) is 0. The van der Waals surface area contributed by atoms with Crippen LogP contribution < -0.4 is 81.1 Å². The highest BCUT2D eigenvalue weighted by Crippen LogP contribution is 2.10. The molecule has 2 atom stereocenters. The van der Waals surface area contributed by atoms with Crippen molar-refractivity contribution >= 4 is 52.7 Å². The van der Waals surface area contributed by atoms with Crippen molar-refractivity contribution < 1.29 is 107 Å². The third-order valence-corrected chi connectivity index (χ3v) is 10.0. The van der Waals surface area contributed by atoms with Crippen LogP contribution >= 0.6 is 23.2 Å². The lowest BCUT2D eigenvalue weighted by Gasteiger charge is -2.36. The molecule has 1 heterocycles. The van der Waals surface area contributed by atoms with E-state index in [0.29, 0.717) is 61.5 Å². The van der Waals surface area contributed by atoms with Gasteiger partial charge in [-0.2, -0.15) is 0 Å². The molecule has 0 radical (unpaired) electrons. The smallest absolute Gasteiger partial charge is 0.216 e. The molecule has 0 aromatic rings. The number of carbonyl (C=O) groups excluding carboxylic acids is 5. The Morgan fingerprint density at radius 1 is 0.618 bits per heavy atom. The number of halogens is 6. The first-order valence-corrected chi connectivity index (χ1v) is 23.8. The number of likely N-dealkylation sites (N-methyl/N-ethyl adjacent to an activating group) is 2. The number of rotatable bonds is 28. The van der Waals surface area contributed by atoms with E-state index >= 15 is 0 Å². The maximum Gasteiger partial charge on any atom is 0.216 e. The summed E-state index contributed by atoms with van der Waals surface area (Å²) in [5.74, 6) is 1.24. The summed E-state index contributed by atoms with van der Waals surface area (Å²) in [6.45, 7) is 18.3. The van der Waals surface area contributed by atoms with E-state index in [2.05, 4.69) is 73.8 Å². The number of aliphatic hydroxyl groups is 2. The average molecular weight is 1110 g/mol. The van der Waals surface area contributed by atoms with E-state index < -0.39 is 6.23 Å². The van der Waals surface area contributed by atoms with E-state index in [1.165, 1.54) is 32.6 Å². The average Bonchev–Trinajstić information content (AvgIpc) is 4.00. The lowest BCUT2D eigenvalue weighted by molar-refractivity contribution is -0.936. The number of epoxide rings is 1. The van der Waals surface area contributed by atoms with Crippen LogP contribution in [0.1, 0.15) is 73.1 Å². The zero-order valence-electron chi connectivity index (χ0n) is 44.5. The Morgan fingerprint density at radius 2 is 0.941 bits per heavy atom. The number of ether oxygens (including phenoxy) is 1. The second kappa shape index (κ2) is 50.7. The quantitative estimate of drug-likeness (QED) is 0.0123. The zero-order chi connectivity index (χ0) is 50.4. The Morgan fingerprint density at radius 3 is 1.21 bits per heavy atom. The number of carbonyl (C=O) groups is 5. The van der Waals surface area contributed by atoms with E-state index in [1.807, 2.05) is 28.2 Å². The second-order valence-electron chi connectivity index (χ2n) is 18.9. The third-order valence-electron chi connectivity index (χ3n) is 9.46. The number of alkyl halides is 2. The molecule has 1 aliphatic heterocycles. The lowest BCUT2D eigenvalue weighted by Crippen LogP contribution is -3.05. The maximum absolute atomic E-state index is 10.9. The van der Waals surface area contributed by atoms with Gasteiger partial charge < -0.3 is 114 Å². The van der Waals surface area contributed by atoms with Crippen LogP contribution in [-0.4, -0.2) is 244 Å². The van der Waals surface area contributed by atoms with Gasteiger partial charge in [-0.1, -0.05) is 0 Å². The fraction of sp³-hybridized carbons (Fsp3) is 0.886. The molecule has 0 saturated carbocycles. The van der Waals surface area contributed by atoms with Gasteiger partial charge in [0.25, 0.3) is 0 Å². The van der Waals surface area contributed by atoms with Crippen LogP contribution in [0.15, 0.2) is 0 Å². The number of aliphatic hydroxyl groups excluding tert-OH is 2. The molecule has 18 nitrogen and oxygen atoms in total. The Balaban J connectivity index is -0.000000118. The highest BCUT2D eigenvalue weighted by atomic mass is 35.5. The predicted molar refractivity (Wildman–Crippen MR) is 261 cm³/mol. The van der Waals surface area contributed by atoms with Crippen molar-refractivity contribution in [3.63, 3.8) is 0 Å². The van der Waals surface area contributed by atoms with Gasteiger partial charge in [0.05, 0.1) is 101 Å². The minimum Gasteiger partial charge on any atom is -1.00 e. The fourth-order valence-corrected chi connectivity index (χ4v) is 6.17. The molecule has 0 aromatic carbocycles. The Hall–Kier alpha value is -1.23. The van der Waals surface area contributed by atoms with Crippen LogP contribution in [0, 0.1) is 0 Å². The Kier molecular flexibility index (Phi) is 62.3. The summed E-state index contributed by atoms with van der Waals surface area (Å²) >= 11 is 10.9. The molecule has 1 aliphatic rings. The molecular formula is C44H98Cl6N10O8. The van der Waals surface area contributed by atoms with Crippen LogP contribution in [-0.2, 0) is 28.7 Å². The number of amides is 5. The summed E-state index contributed by atoms with van der Waals surface area (Å²) < 4.78 is 6.70. The van der Waals surface area contributed by atoms with Gasteiger partial charge in [0.1, 0.15) is 13.1 Å². The van der Waals surface area contributed by atoms with Gasteiger partial charge in [-0.25, -0.2) is 0 Å². The van der Waals surface area contributed by atoms with Crippen molar-refractivity contribution in [2.75, 3.05) is 167 Å². The summed E-state index contributed by atoms with van der Waals surface area (Å²) in [5.41, 5.74) is 0. The van der Waals surface area contributed by atoms with Gasteiger partial charge in [0.15, 0.2) is 12.3 Å². The highest BCUT2D eigenvalue weighted by molar-refractivity contribution is 6.18. The zero-order valence-corrected chi connectivity index (χ0v) is 49.0. The van der Waals surface area contributed by atoms with Crippen LogP contribution in [0.25, 0.3) is 0 Å². The molecule has 0 bridgehead atoms. The monoisotopic (exact) mass is 1100 g/mol. The van der Waals surface area contributed by atoms with E-state index in [1.54, 1.807) is 6.92 Å². The molecule has 0 aliphatic carbocycles. The molecule has 414 valence electrons. The predicted octanol–water partition coefficient (Wildman–Crippen LogP) is -12.5. The van der Waals surface area contributed by atoms with E-state index in [0.717, 1.165) is 93.5 Å². The van der Waals surface area contributed by atoms with Gasteiger partial charge in [0, 0.05) is 105 Å². The number of hydrogen-bond acceptors (Lipinski definition) is 9. The molecule has 1 saturated heterocycles. The molecular weight excluding hydrogens is 1010 g/mol. The molecule has 1 rings (SSSR count). The van der Waals surface area contributed by atoms with Gasteiger partial charge >= 0.3 is 0 Å². The van der Waals surface area contributed by atoms with E-state index in [-0.39, 0.29) is 85.3 Å². The molecule has 24 heteroatoms. The Labute approximate surface area is 447 Å². The first-order chi connectivity index (χ1) is 29.5.